The highest BCUT2D eigenvalue weighted by Crippen LogP contribution is 2.46. The zero-order valence-electron chi connectivity index (χ0n) is 11.7. The van der Waals surface area contributed by atoms with Gasteiger partial charge in [0.1, 0.15) is 5.78 Å². The summed E-state index contributed by atoms with van der Waals surface area (Å²) in [5.41, 5.74) is 5.79. The third-order valence-corrected chi connectivity index (χ3v) is 6.63. The van der Waals surface area contributed by atoms with Crippen LogP contribution in [0.2, 0.25) is 0 Å². The molecule has 108 valence electrons. The van der Waals surface area contributed by atoms with Crippen LogP contribution in [0, 0.1) is 11.3 Å². The van der Waals surface area contributed by atoms with Crippen LogP contribution >= 0.6 is 11.8 Å². The average Bonchev–Trinajstić information content (AvgIpc) is 3.08. The minimum atomic E-state index is -0.186. The van der Waals surface area contributed by atoms with Crippen molar-refractivity contribution in [3.63, 3.8) is 0 Å². The summed E-state index contributed by atoms with van der Waals surface area (Å²) in [5, 5.41) is 0. The topological polar surface area (TPSA) is 52.3 Å². The van der Waals surface area contributed by atoms with Gasteiger partial charge in [0.2, 0.25) is 0 Å². The summed E-state index contributed by atoms with van der Waals surface area (Å²) in [4.78, 5) is 13.0. The Bertz CT molecular complexity index is 346. The molecule has 2 heterocycles. The SMILES string of the molecule is NCC1(C(=O)C2CCOC3(CCSC3)C2)CCCC1. The van der Waals surface area contributed by atoms with Gasteiger partial charge in [-0.2, -0.15) is 11.8 Å². The van der Waals surface area contributed by atoms with Crippen LogP contribution in [-0.2, 0) is 9.53 Å². The van der Waals surface area contributed by atoms with Gasteiger partial charge in [-0.3, -0.25) is 4.79 Å². The van der Waals surface area contributed by atoms with E-state index in [9.17, 15) is 4.79 Å². The van der Waals surface area contributed by atoms with Crippen LogP contribution in [0.15, 0.2) is 0 Å². The highest BCUT2D eigenvalue weighted by atomic mass is 32.2. The number of hydrogen-bond donors (Lipinski definition) is 1. The summed E-state index contributed by atoms with van der Waals surface area (Å²) in [7, 11) is 0. The van der Waals surface area contributed by atoms with E-state index in [-0.39, 0.29) is 16.9 Å². The molecular formula is C15H25NO2S. The van der Waals surface area contributed by atoms with Gasteiger partial charge in [0, 0.05) is 30.2 Å². The lowest BCUT2D eigenvalue weighted by Crippen LogP contribution is -2.47. The van der Waals surface area contributed by atoms with Crippen LogP contribution in [0.3, 0.4) is 0 Å². The van der Waals surface area contributed by atoms with Crippen molar-refractivity contribution in [2.24, 2.45) is 17.1 Å². The van der Waals surface area contributed by atoms with E-state index in [0.29, 0.717) is 12.3 Å². The standard InChI is InChI=1S/C15H25NO2S/c16-10-14(4-1-2-5-14)13(17)12-3-7-18-15(9-12)6-8-19-11-15/h12H,1-11,16H2. The van der Waals surface area contributed by atoms with E-state index in [1.807, 2.05) is 11.8 Å². The summed E-state index contributed by atoms with van der Waals surface area (Å²) in [6, 6.07) is 0. The molecule has 2 aliphatic heterocycles. The molecule has 0 amide bonds. The van der Waals surface area contributed by atoms with E-state index >= 15 is 0 Å². The van der Waals surface area contributed by atoms with Crippen LogP contribution in [0.4, 0.5) is 0 Å². The maximum atomic E-state index is 13.0. The molecule has 2 saturated heterocycles. The predicted molar refractivity (Wildman–Crippen MR) is 78.3 cm³/mol. The molecule has 1 saturated carbocycles. The Balaban J connectivity index is 1.72. The first-order valence-electron chi connectivity index (χ1n) is 7.66. The largest absolute Gasteiger partial charge is 0.374 e. The summed E-state index contributed by atoms with van der Waals surface area (Å²) in [6.07, 6.45) is 7.36. The first kappa shape index (κ1) is 13.9. The molecule has 3 fully saturated rings. The second-order valence-corrected chi connectivity index (χ2v) is 7.68. The fraction of sp³-hybridized carbons (Fsp3) is 0.933. The lowest BCUT2D eigenvalue weighted by Gasteiger charge is -2.40. The zero-order valence-corrected chi connectivity index (χ0v) is 12.5. The molecule has 2 atom stereocenters. The molecule has 1 spiro atoms. The van der Waals surface area contributed by atoms with Gasteiger partial charge in [-0.1, -0.05) is 12.8 Å². The number of Topliss-reactive ketones (excluding diaryl/α,β-unsaturated/α-hetero) is 1. The minimum absolute atomic E-state index is 0.0115. The van der Waals surface area contributed by atoms with Gasteiger partial charge in [-0.05, 0) is 37.9 Å². The Hall–Kier alpha value is -0.0600. The van der Waals surface area contributed by atoms with Crippen LogP contribution in [0.5, 0.6) is 0 Å². The maximum Gasteiger partial charge on any atom is 0.143 e. The summed E-state index contributed by atoms with van der Waals surface area (Å²) >= 11 is 1.97. The Kier molecular flexibility index (Phi) is 3.93. The summed E-state index contributed by atoms with van der Waals surface area (Å²) in [5.74, 6) is 2.93. The van der Waals surface area contributed by atoms with Crippen LogP contribution < -0.4 is 5.73 Å². The fourth-order valence-corrected chi connectivity index (χ4v) is 5.53. The molecule has 0 radical (unpaired) electrons. The molecule has 0 bridgehead atoms. The molecule has 0 aromatic heterocycles. The third kappa shape index (κ3) is 2.47. The summed E-state index contributed by atoms with van der Waals surface area (Å²) in [6.45, 7) is 1.31. The quantitative estimate of drug-likeness (QED) is 0.864. The molecule has 2 N–H and O–H groups in total. The minimum Gasteiger partial charge on any atom is -0.374 e. The van der Waals surface area contributed by atoms with Gasteiger partial charge >= 0.3 is 0 Å². The number of rotatable bonds is 3. The van der Waals surface area contributed by atoms with Gasteiger partial charge < -0.3 is 10.5 Å². The van der Waals surface area contributed by atoms with Gasteiger partial charge in [-0.15, -0.1) is 0 Å². The first-order valence-corrected chi connectivity index (χ1v) is 8.81. The van der Waals surface area contributed by atoms with Crippen LogP contribution in [-0.4, -0.2) is 36.0 Å². The highest BCUT2D eigenvalue weighted by Gasteiger charge is 2.48. The normalized spacial score (nSPS) is 37.8. The van der Waals surface area contributed by atoms with E-state index in [2.05, 4.69) is 0 Å². The molecule has 0 aromatic carbocycles. The monoisotopic (exact) mass is 283 g/mol. The predicted octanol–water partition coefficient (Wildman–Crippen LogP) is 2.38. The molecular weight excluding hydrogens is 258 g/mol. The van der Waals surface area contributed by atoms with Crippen molar-refractivity contribution < 1.29 is 9.53 Å². The fourth-order valence-electron chi connectivity index (χ4n) is 4.15. The average molecular weight is 283 g/mol. The van der Waals surface area contributed by atoms with Crippen molar-refractivity contribution in [2.45, 2.75) is 50.5 Å². The second kappa shape index (κ2) is 5.38. The molecule has 19 heavy (non-hydrogen) atoms. The number of carbonyl (C=O) groups is 1. The van der Waals surface area contributed by atoms with Crippen molar-refractivity contribution in [3.8, 4) is 0 Å². The molecule has 2 unspecified atom stereocenters. The van der Waals surface area contributed by atoms with Crippen molar-refractivity contribution in [1.29, 1.82) is 0 Å². The number of hydrogen-bond acceptors (Lipinski definition) is 4. The lowest BCUT2D eigenvalue weighted by atomic mass is 9.71. The van der Waals surface area contributed by atoms with Gasteiger partial charge in [0.05, 0.1) is 5.60 Å². The van der Waals surface area contributed by atoms with Crippen molar-refractivity contribution in [2.75, 3.05) is 24.7 Å². The van der Waals surface area contributed by atoms with Crippen LogP contribution in [0.25, 0.3) is 0 Å². The first-order chi connectivity index (χ1) is 9.20. The van der Waals surface area contributed by atoms with Crippen molar-refractivity contribution in [3.05, 3.63) is 0 Å². The molecule has 4 heteroatoms. The van der Waals surface area contributed by atoms with Crippen LogP contribution in [0.1, 0.15) is 44.9 Å². The Morgan fingerprint density at radius 1 is 1.32 bits per heavy atom. The molecule has 1 aliphatic carbocycles. The molecule has 3 nitrogen and oxygen atoms in total. The Morgan fingerprint density at radius 2 is 2.11 bits per heavy atom. The Labute approximate surface area is 120 Å². The number of ketones is 1. The number of thioether (sulfide) groups is 1. The zero-order chi connectivity index (χ0) is 13.3. The number of ether oxygens (including phenoxy) is 1. The number of carbonyl (C=O) groups excluding carboxylic acids is 1. The van der Waals surface area contributed by atoms with Crippen molar-refractivity contribution >= 4 is 17.5 Å². The van der Waals surface area contributed by atoms with E-state index in [4.69, 9.17) is 10.5 Å². The van der Waals surface area contributed by atoms with Gasteiger partial charge in [0.15, 0.2) is 0 Å². The van der Waals surface area contributed by atoms with E-state index in [0.717, 1.165) is 44.5 Å². The molecule has 0 aromatic rings. The molecule has 3 aliphatic rings. The second-order valence-electron chi connectivity index (χ2n) is 6.58. The summed E-state index contributed by atoms with van der Waals surface area (Å²) < 4.78 is 6.03. The smallest absolute Gasteiger partial charge is 0.143 e. The third-order valence-electron chi connectivity index (χ3n) is 5.40. The lowest BCUT2D eigenvalue weighted by molar-refractivity contribution is -0.143. The molecule has 3 rings (SSSR count). The van der Waals surface area contributed by atoms with E-state index in [1.165, 1.54) is 18.6 Å². The number of nitrogens with two attached hydrogens (primary N) is 1. The maximum absolute atomic E-state index is 13.0. The van der Waals surface area contributed by atoms with E-state index in [1.54, 1.807) is 0 Å². The highest BCUT2D eigenvalue weighted by molar-refractivity contribution is 7.99. The van der Waals surface area contributed by atoms with E-state index < -0.39 is 0 Å². The van der Waals surface area contributed by atoms with Gasteiger partial charge in [-0.25, -0.2) is 0 Å². The Morgan fingerprint density at radius 3 is 2.74 bits per heavy atom. The van der Waals surface area contributed by atoms with Gasteiger partial charge in [0.25, 0.3) is 0 Å². The van der Waals surface area contributed by atoms with Crippen molar-refractivity contribution in [1.82, 2.24) is 0 Å².